The minimum absolute atomic E-state index is 0.803. The highest BCUT2D eigenvalue weighted by atomic mass is 32.2. The summed E-state index contributed by atoms with van der Waals surface area (Å²) in [5, 5.41) is 0. The SMILES string of the molecule is CCC(CSC)N1CC2CCCN2CC1CC. The second kappa shape index (κ2) is 6.44. The van der Waals surface area contributed by atoms with E-state index in [1.54, 1.807) is 0 Å². The molecule has 2 fully saturated rings. The molecular weight excluding hydrogens is 228 g/mol. The average molecular weight is 256 g/mol. The van der Waals surface area contributed by atoms with Crippen LogP contribution in [-0.4, -0.2) is 59.6 Å². The minimum atomic E-state index is 0.803. The number of thioether (sulfide) groups is 1. The molecular formula is C14H28N2S. The third-order valence-electron chi connectivity index (χ3n) is 4.61. The van der Waals surface area contributed by atoms with Crippen molar-refractivity contribution in [3.63, 3.8) is 0 Å². The molecule has 3 heteroatoms. The third kappa shape index (κ3) is 2.99. The van der Waals surface area contributed by atoms with Gasteiger partial charge in [-0.3, -0.25) is 9.80 Å². The molecule has 0 amide bonds. The third-order valence-corrected chi connectivity index (χ3v) is 5.32. The van der Waals surface area contributed by atoms with Gasteiger partial charge in [0, 0.05) is 37.0 Å². The Morgan fingerprint density at radius 2 is 2.12 bits per heavy atom. The number of hydrogen-bond donors (Lipinski definition) is 0. The van der Waals surface area contributed by atoms with E-state index in [1.165, 1.54) is 51.1 Å². The molecule has 17 heavy (non-hydrogen) atoms. The van der Waals surface area contributed by atoms with Crippen molar-refractivity contribution in [3.05, 3.63) is 0 Å². The molecule has 3 unspecified atom stereocenters. The van der Waals surface area contributed by atoms with E-state index in [4.69, 9.17) is 0 Å². The molecule has 0 aliphatic carbocycles. The summed E-state index contributed by atoms with van der Waals surface area (Å²) in [6.07, 6.45) is 7.73. The van der Waals surface area contributed by atoms with Gasteiger partial charge in [0.15, 0.2) is 0 Å². The van der Waals surface area contributed by atoms with Crippen molar-refractivity contribution in [1.29, 1.82) is 0 Å². The van der Waals surface area contributed by atoms with Gasteiger partial charge in [0.2, 0.25) is 0 Å². The molecule has 0 N–H and O–H groups in total. The lowest BCUT2D eigenvalue weighted by atomic mass is 10.0. The fraction of sp³-hybridized carbons (Fsp3) is 1.00. The van der Waals surface area contributed by atoms with Gasteiger partial charge < -0.3 is 0 Å². The van der Waals surface area contributed by atoms with Crippen LogP contribution in [0.15, 0.2) is 0 Å². The molecule has 0 radical (unpaired) electrons. The first-order valence-corrected chi connectivity index (χ1v) is 8.68. The summed E-state index contributed by atoms with van der Waals surface area (Å²) in [6, 6.07) is 2.48. The maximum atomic E-state index is 2.84. The van der Waals surface area contributed by atoms with Gasteiger partial charge in [0.05, 0.1) is 0 Å². The molecule has 0 aromatic rings. The Morgan fingerprint density at radius 3 is 2.76 bits per heavy atom. The van der Waals surface area contributed by atoms with Gasteiger partial charge in [-0.15, -0.1) is 0 Å². The van der Waals surface area contributed by atoms with Crippen LogP contribution < -0.4 is 0 Å². The first kappa shape index (κ1) is 13.7. The van der Waals surface area contributed by atoms with Crippen molar-refractivity contribution < 1.29 is 0 Å². The van der Waals surface area contributed by atoms with Gasteiger partial charge in [0.25, 0.3) is 0 Å². The van der Waals surface area contributed by atoms with Crippen LogP contribution in [0, 0.1) is 0 Å². The van der Waals surface area contributed by atoms with E-state index >= 15 is 0 Å². The number of nitrogens with zero attached hydrogens (tertiary/aromatic N) is 2. The van der Waals surface area contributed by atoms with Gasteiger partial charge in [-0.2, -0.15) is 11.8 Å². The Balaban J connectivity index is 2.02. The molecule has 2 rings (SSSR count). The van der Waals surface area contributed by atoms with Crippen LogP contribution in [0.4, 0.5) is 0 Å². The number of piperazine rings is 1. The fourth-order valence-corrected chi connectivity index (χ4v) is 4.37. The fourth-order valence-electron chi connectivity index (χ4n) is 3.56. The molecule has 0 saturated carbocycles. The molecule has 0 aromatic carbocycles. The van der Waals surface area contributed by atoms with Gasteiger partial charge in [0.1, 0.15) is 0 Å². The molecule has 2 heterocycles. The first-order valence-electron chi connectivity index (χ1n) is 7.28. The van der Waals surface area contributed by atoms with Crippen LogP contribution in [0.3, 0.4) is 0 Å². The molecule has 2 saturated heterocycles. The Labute approximate surface area is 111 Å². The topological polar surface area (TPSA) is 6.48 Å². The maximum Gasteiger partial charge on any atom is 0.0224 e. The summed E-state index contributed by atoms with van der Waals surface area (Å²) in [6.45, 7) is 8.73. The molecule has 3 atom stereocenters. The van der Waals surface area contributed by atoms with Crippen LogP contribution in [0.2, 0.25) is 0 Å². The van der Waals surface area contributed by atoms with E-state index in [2.05, 4.69) is 29.9 Å². The number of fused-ring (bicyclic) bond motifs is 1. The van der Waals surface area contributed by atoms with E-state index in [0.29, 0.717) is 0 Å². The Kier molecular flexibility index (Phi) is 5.19. The zero-order chi connectivity index (χ0) is 12.3. The van der Waals surface area contributed by atoms with Gasteiger partial charge in [-0.1, -0.05) is 13.8 Å². The molecule has 0 spiro atoms. The number of rotatable bonds is 5. The zero-order valence-electron chi connectivity index (χ0n) is 11.7. The van der Waals surface area contributed by atoms with Gasteiger partial charge in [-0.25, -0.2) is 0 Å². The van der Waals surface area contributed by atoms with Crippen LogP contribution in [0.25, 0.3) is 0 Å². The monoisotopic (exact) mass is 256 g/mol. The number of hydrogen-bond acceptors (Lipinski definition) is 3. The summed E-state index contributed by atoms with van der Waals surface area (Å²) in [5.74, 6) is 1.31. The highest BCUT2D eigenvalue weighted by Crippen LogP contribution is 2.28. The lowest BCUT2D eigenvalue weighted by molar-refractivity contribution is 0.0237. The highest BCUT2D eigenvalue weighted by molar-refractivity contribution is 7.98. The van der Waals surface area contributed by atoms with Crippen LogP contribution >= 0.6 is 11.8 Å². The van der Waals surface area contributed by atoms with E-state index in [9.17, 15) is 0 Å². The zero-order valence-corrected chi connectivity index (χ0v) is 12.5. The Hall–Kier alpha value is 0.270. The lowest BCUT2D eigenvalue weighted by Crippen LogP contribution is -2.59. The van der Waals surface area contributed by atoms with E-state index in [1.807, 2.05) is 11.8 Å². The van der Waals surface area contributed by atoms with E-state index in [-0.39, 0.29) is 0 Å². The van der Waals surface area contributed by atoms with E-state index < -0.39 is 0 Å². The second-order valence-corrected chi connectivity index (χ2v) is 6.48. The summed E-state index contributed by atoms with van der Waals surface area (Å²) in [4.78, 5) is 5.58. The predicted molar refractivity (Wildman–Crippen MR) is 77.8 cm³/mol. The molecule has 100 valence electrons. The quantitative estimate of drug-likeness (QED) is 0.747. The summed E-state index contributed by atoms with van der Waals surface area (Å²) >= 11 is 2.01. The molecule has 0 bridgehead atoms. The largest absolute Gasteiger partial charge is 0.298 e. The van der Waals surface area contributed by atoms with E-state index in [0.717, 1.165) is 18.1 Å². The van der Waals surface area contributed by atoms with Crippen LogP contribution in [0.1, 0.15) is 39.5 Å². The van der Waals surface area contributed by atoms with Crippen molar-refractivity contribution in [1.82, 2.24) is 9.80 Å². The first-order chi connectivity index (χ1) is 8.30. The smallest absolute Gasteiger partial charge is 0.0224 e. The van der Waals surface area contributed by atoms with Crippen molar-refractivity contribution in [2.75, 3.05) is 31.6 Å². The molecule has 2 aliphatic rings. The van der Waals surface area contributed by atoms with Crippen LogP contribution in [0.5, 0.6) is 0 Å². The summed E-state index contributed by atoms with van der Waals surface area (Å²) in [5.41, 5.74) is 0. The van der Waals surface area contributed by atoms with Crippen molar-refractivity contribution >= 4 is 11.8 Å². The van der Waals surface area contributed by atoms with Crippen molar-refractivity contribution in [3.8, 4) is 0 Å². The molecule has 0 aromatic heterocycles. The van der Waals surface area contributed by atoms with Crippen molar-refractivity contribution in [2.24, 2.45) is 0 Å². The van der Waals surface area contributed by atoms with Gasteiger partial charge in [-0.05, 0) is 38.5 Å². The average Bonchev–Trinajstić information content (AvgIpc) is 2.81. The Morgan fingerprint density at radius 1 is 1.29 bits per heavy atom. The predicted octanol–water partition coefficient (Wildman–Crippen LogP) is 2.69. The normalized spacial score (nSPS) is 32.6. The summed E-state index contributed by atoms with van der Waals surface area (Å²) in [7, 11) is 0. The summed E-state index contributed by atoms with van der Waals surface area (Å²) < 4.78 is 0. The minimum Gasteiger partial charge on any atom is -0.298 e. The molecule has 2 aliphatic heterocycles. The highest BCUT2D eigenvalue weighted by Gasteiger charge is 2.37. The maximum absolute atomic E-state index is 2.84. The standard InChI is InChI=1S/C14H28N2S/c1-4-12-9-15-8-6-7-14(15)10-16(12)13(5-2)11-17-3/h12-14H,4-11H2,1-3H3. The second-order valence-electron chi connectivity index (χ2n) is 5.57. The molecule has 2 nitrogen and oxygen atoms in total. The lowest BCUT2D eigenvalue weighted by Gasteiger charge is -2.47. The van der Waals surface area contributed by atoms with Crippen LogP contribution in [-0.2, 0) is 0 Å². The Bertz CT molecular complexity index is 234. The van der Waals surface area contributed by atoms with Gasteiger partial charge >= 0.3 is 0 Å². The van der Waals surface area contributed by atoms with Crippen molar-refractivity contribution in [2.45, 2.75) is 57.7 Å².